The van der Waals surface area contributed by atoms with Crippen molar-refractivity contribution in [2.75, 3.05) is 6.61 Å². The maximum atomic E-state index is 12.4. The Morgan fingerprint density at radius 1 is 1.44 bits per heavy atom. The Hall–Kier alpha value is -1.85. The molecule has 1 aromatic rings. The fourth-order valence-electron chi connectivity index (χ4n) is 1.35. The number of alkyl halides is 2. The van der Waals surface area contributed by atoms with Gasteiger partial charge in [0.2, 0.25) is 0 Å². The molecule has 0 fully saturated rings. The molecule has 0 aromatic heterocycles. The van der Waals surface area contributed by atoms with Crippen LogP contribution in [0.15, 0.2) is 18.2 Å². The van der Waals surface area contributed by atoms with E-state index in [-0.39, 0.29) is 23.7 Å². The number of benzene rings is 1. The Bertz CT molecular complexity index is 419. The molecule has 4 nitrogen and oxygen atoms in total. The number of rotatable bonds is 2. The van der Waals surface area contributed by atoms with Gasteiger partial charge in [-0.3, -0.25) is 0 Å². The van der Waals surface area contributed by atoms with Gasteiger partial charge in [-0.25, -0.2) is 13.6 Å². The highest BCUT2D eigenvalue weighted by molar-refractivity contribution is 5.88. The van der Waals surface area contributed by atoms with Crippen molar-refractivity contribution in [3.05, 3.63) is 23.8 Å². The lowest BCUT2D eigenvalue weighted by Crippen LogP contribution is -2.35. The molecule has 1 aromatic carbocycles. The third-order valence-corrected chi connectivity index (χ3v) is 2.15. The average molecular weight is 230 g/mol. The molecule has 2 rings (SSSR count). The molecule has 0 saturated heterocycles. The van der Waals surface area contributed by atoms with Crippen molar-refractivity contribution >= 4 is 5.97 Å². The first-order valence-electron chi connectivity index (χ1n) is 4.53. The van der Waals surface area contributed by atoms with Crippen LogP contribution in [0.3, 0.4) is 0 Å². The summed E-state index contributed by atoms with van der Waals surface area (Å²) in [7, 11) is 0. The van der Waals surface area contributed by atoms with Crippen LogP contribution in [0, 0.1) is 0 Å². The SMILES string of the molecule is O=C(O)c1ccc2c(c1)OC(C(F)F)CO2. The number of carboxylic acid groups (broad SMARTS) is 1. The van der Waals surface area contributed by atoms with Crippen LogP contribution in [0.5, 0.6) is 11.5 Å². The molecule has 1 aliphatic heterocycles. The molecule has 16 heavy (non-hydrogen) atoms. The maximum absolute atomic E-state index is 12.4. The Morgan fingerprint density at radius 3 is 2.81 bits per heavy atom. The smallest absolute Gasteiger partial charge is 0.335 e. The molecule has 6 heteroatoms. The van der Waals surface area contributed by atoms with Crippen molar-refractivity contribution in [3.8, 4) is 11.5 Å². The highest BCUT2D eigenvalue weighted by Gasteiger charge is 2.29. The van der Waals surface area contributed by atoms with Gasteiger partial charge in [-0.2, -0.15) is 0 Å². The molecule has 0 saturated carbocycles. The van der Waals surface area contributed by atoms with Gasteiger partial charge in [0.25, 0.3) is 6.43 Å². The molecule has 1 aliphatic rings. The van der Waals surface area contributed by atoms with Crippen LogP contribution < -0.4 is 9.47 Å². The maximum Gasteiger partial charge on any atom is 0.335 e. The third-order valence-electron chi connectivity index (χ3n) is 2.15. The van der Waals surface area contributed by atoms with E-state index in [1.54, 1.807) is 0 Å². The summed E-state index contributed by atoms with van der Waals surface area (Å²) in [4.78, 5) is 10.7. The monoisotopic (exact) mass is 230 g/mol. The second kappa shape index (κ2) is 3.96. The molecular weight excluding hydrogens is 222 g/mol. The average Bonchev–Trinajstić information content (AvgIpc) is 2.27. The predicted molar refractivity (Wildman–Crippen MR) is 49.3 cm³/mol. The number of carboxylic acids is 1. The van der Waals surface area contributed by atoms with Gasteiger partial charge in [0.05, 0.1) is 5.56 Å². The molecule has 0 spiro atoms. The van der Waals surface area contributed by atoms with Gasteiger partial charge in [-0.1, -0.05) is 0 Å². The summed E-state index contributed by atoms with van der Waals surface area (Å²) >= 11 is 0. The Labute approximate surface area is 89.4 Å². The van der Waals surface area contributed by atoms with E-state index in [4.69, 9.17) is 14.6 Å². The van der Waals surface area contributed by atoms with E-state index in [2.05, 4.69) is 0 Å². The minimum absolute atomic E-state index is 0.0303. The normalized spacial score (nSPS) is 18.6. The molecule has 0 aliphatic carbocycles. The molecule has 0 radical (unpaired) electrons. The largest absolute Gasteiger partial charge is 0.486 e. The van der Waals surface area contributed by atoms with Crippen LogP contribution in [0.2, 0.25) is 0 Å². The number of ether oxygens (including phenoxy) is 2. The van der Waals surface area contributed by atoms with Gasteiger partial charge in [-0.15, -0.1) is 0 Å². The number of halogens is 2. The standard InChI is InChI=1S/C10H8F2O4/c11-9(12)8-4-15-6-2-1-5(10(13)14)3-7(6)16-8/h1-3,8-9H,4H2,(H,13,14). The third kappa shape index (κ3) is 1.91. The predicted octanol–water partition coefficient (Wildman–Crippen LogP) is 1.79. The first-order chi connectivity index (χ1) is 7.58. The Kier molecular flexibility index (Phi) is 2.64. The molecule has 1 N–H and O–H groups in total. The molecule has 1 atom stereocenters. The van der Waals surface area contributed by atoms with Gasteiger partial charge in [0.1, 0.15) is 6.61 Å². The van der Waals surface area contributed by atoms with Crippen LogP contribution in [0.25, 0.3) is 0 Å². The highest BCUT2D eigenvalue weighted by Crippen LogP contribution is 2.33. The van der Waals surface area contributed by atoms with Crippen molar-refractivity contribution in [3.63, 3.8) is 0 Å². The quantitative estimate of drug-likeness (QED) is 0.841. The number of fused-ring (bicyclic) bond motifs is 1. The summed E-state index contributed by atoms with van der Waals surface area (Å²) in [6.45, 7) is -0.239. The van der Waals surface area contributed by atoms with Gasteiger partial charge in [0, 0.05) is 0 Å². The molecule has 0 amide bonds. The topological polar surface area (TPSA) is 55.8 Å². The summed E-state index contributed by atoms with van der Waals surface area (Å²) in [5.41, 5.74) is -0.0303. The summed E-state index contributed by atoms with van der Waals surface area (Å²) in [5, 5.41) is 8.72. The zero-order valence-corrected chi connectivity index (χ0v) is 8.02. The second-order valence-electron chi connectivity index (χ2n) is 3.27. The lowest BCUT2D eigenvalue weighted by Gasteiger charge is -2.25. The van der Waals surface area contributed by atoms with E-state index in [0.29, 0.717) is 0 Å². The molecular formula is C10H8F2O4. The van der Waals surface area contributed by atoms with Crippen LogP contribution >= 0.6 is 0 Å². The fraction of sp³-hybridized carbons (Fsp3) is 0.300. The number of carbonyl (C=O) groups is 1. The summed E-state index contributed by atoms with van der Waals surface area (Å²) in [6.07, 6.45) is -4.02. The van der Waals surface area contributed by atoms with E-state index in [1.165, 1.54) is 18.2 Å². The first kappa shape index (κ1) is 10.7. The minimum Gasteiger partial charge on any atom is -0.486 e. The Morgan fingerprint density at radius 2 is 2.19 bits per heavy atom. The van der Waals surface area contributed by atoms with E-state index < -0.39 is 18.5 Å². The highest BCUT2D eigenvalue weighted by atomic mass is 19.3. The second-order valence-corrected chi connectivity index (χ2v) is 3.27. The lowest BCUT2D eigenvalue weighted by atomic mass is 10.2. The first-order valence-corrected chi connectivity index (χ1v) is 4.53. The van der Waals surface area contributed by atoms with Gasteiger partial charge in [-0.05, 0) is 18.2 Å². The van der Waals surface area contributed by atoms with E-state index in [9.17, 15) is 13.6 Å². The number of aromatic carboxylic acids is 1. The van der Waals surface area contributed by atoms with Crippen LogP contribution in [0.4, 0.5) is 8.78 Å². The summed E-state index contributed by atoms with van der Waals surface area (Å²) < 4.78 is 34.7. The van der Waals surface area contributed by atoms with Gasteiger partial charge < -0.3 is 14.6 Å². The summed E-state index contributed by atoms with van der Waals surface area (Å²) in [5.74, 6) is -0.830. The lowest BCUT2D eigenvalue weighted by molar-refractivity contribution is -0.0294. The minimum atomic E-state index is -2.67. The summed E-state index contributed by atoms with van der Waals surface area (Å²) in [6, 6.07) is 3.89. The van der Waals surface area contributed by atoms with E-state index in [0.717, 1.165) is 0 Å². The van der Waals surface area contributed by atoms with Crippen LogP contribution in [-0.2, 0) is 0 Å². The van der Waals surface area contributed by atoms with Crippen molar-refractivity contribution < 1.29 is 28.2 Å². The van der Waals surface area contributed by atoms with Crippen LogP contribution in [-0.4, -0.2) is 30.2 Å². The number of hydrogen-bond acceptors (Lipinski definition) is 3. The van der Waals surface area contributed by atoms with Gasteiger partial charge >= 0.3 is 5.97 Å². The zero-order chi connectivity index (χ0) is 11.7. The van der Waals surface area contributed by atoms with Crippen molar-refractivity contribution in [1.82, 2.24) is 0 Å². The zero-order valence-electron chi connectivity index (χ0n) is 8.02. The molecule has 0 bridgehead atoms. The fourth-order valence-corrected chi connectivity index (χ4v) is 1.35. The van der Waals surface area contributed by atoms with Crippen molar-refractivity contribution in [2.45, 2.75) is 12.5 Å². The van der Waals surface area contributed by atoms with E-state index >= 15 is 0 Å². The molecule has 1 unspecified atom stereocenters. The Balaban J connectivity index is 2.28. The van der Waals surface area contributed by atoms with Crippen molar-refractivity contribution in [1.29, 1.82) is 0 Å². The van der Waals surface area contributed by atoms with E-state index in [1.807, 2.05) is 0 Å². The molecule has 1 heterocycles. The van der Waals surface area contributed by atoms with Crippen molar-refractivity contribution in [2.24, 2.45) is 0 Å². The van der Waals surface area contributed by atoms with Gasteiger partial charge in [0.15, 0.2) is 17.6 Å². The van der Waals surface area contributed by atoms with Crippen LogP contribution in [0.1, 0.15) is 10.4 Å². The number of hydrogen-bond donors (Lipinski definition) is 1. The molecule has 86 valence electrons.